The van der Waals surface area contributed by atoms with Gasteiger partial charge < -0.3 is 20.4 Å². The summed E-state index contributed by atoms with van der Waals surface area (Å²) in [5.41, 5.74) is 2.78. The standard InChI is InChI=1S/C25H27FN8/c1-18(9-10-27)5-4-6-19(2)30-24-20(16-28)17-29-25(32-24)31-21-7-8-23(22(26)15-21)34-13-11-33(3)12-14-34/h4-8,15,17H,1,9,11-14H2,2-3H3,(H2,29,30,31,32)/b5-4-,19-6+. The molecule has 1 aromatic carbocycles. The van der Waals surface area contributed by atoms with Crippen molar-refractivity contribution in [3.8, 4) is 12.1 Å². The van der Waals surface area contributed by atoms with E-state index in [1.54, 1.807) is 30.4 Å². The second-order valence-corrected chi connectivity index (χ2v) is 7.98. The third-order valence-corrected chi connectivity index (χ3v) is 5.26. The highest BCUT2D eigenvalue weighted by atomic mass is 19.1. The highest BCUT2D eigenvalue weighted by Gasteiger charge is 2.17. The van der Waals surface area contributed by atoms with Gasteiger partial charge in [-0.15, -0.1) is 0 Å². The first-order valence-corrected chi connectivity index (χ1v) is 10.8. The van der Waals surface area contributed by atoms with Crippen molar-refractivity contribution in [3.05, 3.63) is 71.9 Å². The van der Waals surface area contributed by atoms with Crippen LogP contribution in [0.2, 0.25) is 0 Å². The zero-order valence-corrected chi connectivity index (χ0v) is 19.3. The molecule has 0 unspecified atom stereocenters. The van der Waals surface area contributed by atoms with Gasteiger partial charge >= 0.3 is 0 Å². The number of nitrogens with one attached hydrogen (secondary N) is 2. The molecule has 1 aliphatic heterocycles. The van der Waals surface area contributed by atoms with Crippen LogP contribution in [0.3, 0.4) is 0 Å². The molecule has 2 N–H and O–H groups in total. The average Bonchev–Trinajstić information content (AvgIpc) is 2.80. The van der Waals surface area contributed by atoms with Crippen molar-refractivity contribution in [1.29, 1.82) is 10.5 Å². The maximum atomic E-state index is 14.8. The van der Waals surface area contributed by atoms with E-state index in [1.165, 1.54) is 12.3 Å². The van der Waals surface area contributed by atoms with Crippen molar-refractivity contribution in [1.82, 2.24) is 14.9 Å². The lowest BCUT2D eigenvalue weighted by Crippen LogP contribution is -2.44. The Hall–Kier alpha value is -4.21. The molecule has 1 aliphatic rings. The zero-order valence-electron chi connectivity index (χ0n) is 19.3. The lowest BCUT2D eigenvalue weighted by Gasteiger charge is -2.34. The van der Waals surface area contributed by atoms with E-state index in [2.05, 4.69) is 45.2 Å². The van der Waals surface area contributed by atoms with E-state index in [1.807, 2.05) is 17.9 Å². The summed E-state index contributed by atoms with van der Waals surface area (Å²) in [4.78, 5) is 12.8. The number of hydrogen-bond donors (Lipinski definition) is 2. The van der Waals surface area contributed by atoms with Crippen LogP contribution in [0.1, 0.15) is 18.9 Å². The lowest BCUT2D eigenvalue weighted by atomic mass is 10.2. The van der Waals surface area contributed by atoms with E-state index in [-0.39, 0.29) is 23.7 Å². The number of allylic oxidation sites excluding steroid dienone is 5. The van der Waals surface area contributed by atoms with Crippen molar-refractivity contribution in [2.75, 3.05) is 48.8 Å². The van der Waals surface area contributed by atoms with Gasteiger partial charge in [0.05, 0.1) is 24.4 Å². The topological polar surface area (TPSA) is 104 Å². The number of hydrogen-bond acceptors (Lipinski definition) is 8. The lowest BCUT2D eigenvalue weighted by molar-refractivity contribution is 0.311. The first-order valence-electron chi connectivity index (χ1n) is 10.8. The van der Waals surface area contributed by atoms with Gasteiger partial charge in [0.25, 0.3) is 0 Å². The predicted octanol–water partition coefficient (Wildman–Crippen LogP) is 4.32. The molecular weight excluding hydrogens is 431 g/mol. The minimum atomic E-state index is -0.315. The Morgan fingerprint density at radius 2 is 2.03 bits per heavy atom. The number of anilines is 4. The Labute approximate surface area is 199 Å². The number of nitrogens with zero attached hydrogens (tertiary/aromatic N) is 6. The summed E-state index contributed by atoms with van der Waals surface area (Å²) >= 11 is 0. The van der Waals surface area contributed by atoms with Crippen molar-refractivity contribution >= 4 is 23.1 Å². The van der Waals surface area contributed by atoms with E-state index in [9.17, 15) is 9.65 Å². The molecule has 0 bridgehead atoms. The smallest absolute Gasteiger partial charge is 0.229 e. The third-order valence-electron chi connectivity index (χ3n) is 5.26. The second-order valence-electron chi connectivity index (χ2n) is 7.98. The van der Waals surface area contributed by atoms with Crippen molar-refractivity contribution in [2.24, 2.45) is 0 Å². The summed E-state index contributed by atoms with van der Waals surface area (Å²) < 4.78 is 14.8. The van der Waals surface area contributed by atoms with Gasteiger partial charge in [-0.2, -0.15) is 15.5 Å². The van der Waals surface area contributed by atoms with E-state index in [0.717, 1.165) is 31.9 Å². The molecule has 0 spiro atoms. The molecule has 0 aliphatic carbocycles. The Balaban J connectivity index is 1.72. The van der Waals surface area contributed by atoms with E-state index in [0.29, 0.717) is 22.8 Å². The molecule has 2 aromatic rings. The molecule has 1 aromatic heterocycles. The molecule has 0 atom stereocenters. The fourth-order valence-electron chi connectivity index (χ4n) is 3.35. The van der Waals surface area contributed by atoms with Crippen LogP contribution in [0.15, 0.2) is 60.5 Å². The van der Waals surface area contributed by atoms with Gasteiger partial charge in [0.15, 0.2) is 5.82 Å². The molecule has 9 heteroatoms. The highest BCUT2D eigenvalue weighted by molar-refractivity contribution is 5.63. The van der Waals surface area contributed by atoms with Gasteiger partial charge in [-0.3, -0.25) is 0 Å². The summed E-state index contributed by atoms with van der Waals surface area (Å²) in [6, 6.07) is 9.06. The molecule has 8 nitrogen and oxygen atoms in total. The molecule has 34 heavy (non-hydrogen) atoms. The molecule has 0 radical (unpaired) electrons. The number of rotatable bonds is 8. The van der Waals surface area contributed by atoms with Crippen LogP contribution in [0.5, 0.6) is 0 Å². The van der Waals surface area contributed by atoms with Crippen LogP contribution in [-0.4, -0.2) is 48.1 Å². The Kier molecular flexibility index (Phi) is 8.33. The number of piperazine rings is 1. The first kappa shape index (κ1) is 24.4. The van der Waals surface area contributed by atoms with E-state index >= 15 is 0 Å². The molecule has 2 heterocycles. The summed E-state index contributed by atoms with van der Waals surface area (Å²) in [5.74, 6) is 0.247. The second kappa shape index (κ2) is 11.6. The quantitative estimate of drug-likeness (QED) is 0.564. The fourth-order valence-corrected chi connectivity index (χ4v) is 3.35. The van der Waals surface area contributed by atoms with Crippen LogP contribution in [0.4, 0.5) is 27.5 Å². The molecule has 3 rings (SSSR count). The van der Waals surface area contributed by atoms with Crippen molar-refractivity contribution in [2.45, 2.75) is 13.3 Å². The summed E-state index contributed by atoms with van der Waals surface area (Å²) in [5, 5.41) is 24.2. The minimum Gasteiger partial charge on any atom is -0.367 e. The van der Waals surface area contributed by atoms with Crippen LogP contribution in [0, 0.1) is 28.5 Å². The number of halogens is 1. The summed E-state index contributed by atoms with van der Waals surface area (Å²) in [6.07, 6.45) is 6.95. The SMILES string of the molecule is C=C(/C=C\C=C(/C)Nc1nc(Nc2ccc(N3CCN(C)CC3)c(F)c2)ncc1C#N)CC#N. The highest BCUT2D eigenvalue weighted by Crippen LogP contribution is 2.26. The van der Waals surface area contributed by atoms with E-state index < -0.39 is 0 Å². The number of aromatic nitrogens is 2. The van der Waals surface area contributed by atoms with Gasteiger partial charge in [-0.25, -0.2) is 9.37 Å². The Morgan fingerprint density at radius 3 is 2.71 bits per heavy atom. The monoisotopic (exact) mass is 458 g/mol. The summed E-state index contributed by atoms with van der Waals surface area (Å²) in [7, 11) is 2.06. The molecule has 0 amide bonds. The maximum Gasteiger partial charge on any atom is 0.229 e. The number of nitriles is 2. The molecule has 0 saturated carbocycles. The number of likely N-dealkylation sites (N-methyl/N-ethyl adjacent to an activating group) is 1. The molecule has 174 valence electrons. The number of benzene rings is 1. The maximum absolute atomic E-state index is 14.8. The summed E-state index contributed by atoms with van der Waals surface area (Å²) in [6.45, 7) is 8.95. The Bertz CT molecular complexity index is 1180. The van der Waals surface area contributed by atoms with Crippen LogP contribution in [-0.2, 0) is 0 Å². The van der Waals surface area contributed by atoms with Gasteiger partial charge in [0, 0.05) is 37.6 Å². The van der Waals surface area contributed by atoms with Gasteiger partial charge in [0.2, 0.25) is 5.95 Å². The van der Waals surface area contributed by atoms with Gasteiger partial charge in [-0.1, -0.05) is 18.7 Å². The van der Waals surface area contributed by atoms with Crippen molar-refractivity contribution in [3.63, 3.8) is 0 Å². The zero-order chi connectivity index (χ0) is 24.5. The van der Waals surface area contributed by atoms with Gasteiger partial charge in [0.1, 0.15) is 17.4 Å². The molecular formula is C25H27FN8. The average molecular weight is 459 g/mol. The third kappa shape index (κ3) is 6.64. The van der Waals surface area contributed by atoms with Crippen LogP contribution < -0.4 is 15.5 Å². The Morgan fingerprint density at radius 1 is 1.26 bits per heavy atom. The van der Waals surface area contributed by atoms with Crippen LogP contribution >= 0.6 is 0 Å². The fraction of sp³-hybridized carbons (Fsp3) is 0.280. The van der Waals surface area contributed by atoms with Crippen LogP contribution in [0.25, 0.3) is 0 Å². The minimum absolute atomic E-state index is 0.235. The predicted molar refractivity (Wildman–Crippen MR) is 132 cm³/mol. The normalized spacial score (nSPS) is 14.5. The largest absolute Gasteiger partial charge is 0.367 e. The van der Waals surface area contributed by atoms with E-state index in [4.69, 9.17) is 5.26 Å². The van der Waals surface area contributed by atoms with Crippen molar-refractivity contribution < 1.29 is 4.39 Å². The van der Waals surface area contributed by atoms with Gasteiger partial charge in [-0.05, 0) is 43.8 Å². The first-order chi connectivity index (χ1) is 16.4. The molecule has 1 saturated heterocycles. The molecule has 1 fully saturated rings.